The molecule has 102 valence electrons. The van der Waals surface area contributed by atoms with Crippen molar-refractivity contribution in [1.82, 2.24) is 0 Å². The summed E-state index contributed by atoms with van der Waals surface area (Å²) in [6, 6.07) is 4.77. The third-order valence-electron chi connectivity index (χ3n) is 3.17. The maximum absolute atomic E-state index is 13.2. The van der Waals surface area contributed by atoms with Crippen LogP contribution >= 0.6 is 0 Å². The first-order valence-corrected chi connectivity index (χ1v) is 5.91. The van der Waals surface area contributed by atoms with Crippen LogP contribution in [0.5, 0.6) is 0 Å². The molecule has 3 N–H and O–H groups in total. The van der Waals surface area contributed by atoms with E-state index in [2.05, 4.69) is 0 Å². The van der Waals surface area contributed by atoms with Crippen LogP contribution in [-0.2, 0) is 0 Å². The molecule has 0 bridgehead atoms. The molecule has 5 heteroatoms. The van der Waals surface area contributed by atoms with Gasteiger partial charge in [-0.25, -0.2) is 8.78 Å². The Bertz CT molecular complexity index is 548. The lowest BCUT2D eigenvalue weighted by atomic mass is 9.89. The molecule has 1 aromatic heterocycles. The number of aryl methyl sites for hydroxylation is 1. The lowest BCUT2D eigenvalue weighted by Crippen LogP contribution is -2.20. The summed E-state index contributed by atoms with van der Waals surface area (Å²) in [7, 11) is 0. The summed E-state index contributed by atoms with van der Waals surface area (Å²) in [5.41, 5.74) is 6.52. The normalized spacial score (nSPS) is 14.4. The minimum atomic E-state index is -0.968. The number of furan rings is 1. The minimum absolute atomic E-state index is 0.0642. The summed E-state index contributed by atoms with van der Waals surface area (Å²) >= 11 is 0. The highest BCUT2D eigenvalue weighted by Gasteiger charge is 2.25. The summed E-state index contributed by atoms with van der Waals surface area (Å²) in [5.74, 6) is -1.42. The highest BCUT2D eigenvalue weighted by atomic mass is 19.1. The molecule has 0 aliphatic carbocycles. The number of halogens is 2. The van der Waals surface area contributed by atoms with Gasteiger partial charge in [-0.15, -0.1) is 0 Å². The van der Waals surface area contributed by atoms with Crippen LogP contribution in [0.3, 0.4) is 0 Å². The van der Waals surface area contributed by atoms with Crippen molar-refractivity contribution in [2.24, 2.45) is 5.73 Å². The summed E-state index contributed by atoms with van der Waals surface area (Å²) in [4.78, 5) is 0. The fraction of sp³-hybridized carbons (Fsp3) is 0.286. The topological polar surface area (TPSA) is 59.4 Å². The molecule has 1 heterocycles. The minimum Gasteiger partial charge on any atom is -0.469 e. The molecule has 0 aliphatic rings. The first kappa shape index (κ1) is 13.7. The number of hydrogen-bond acceptors (Lipinski definition) is 3. The van der Waals surface area contributed by atoms with Gasteiger partial charge in [0.2, 0.25) is 0 Å². The van der Waals surface area contributed by atoms with E-state index < -0.39 is 23.7 Å². The fourth-order valence-corrected chi connectivity index (χ4v) is 2.15. The Labute approximate surface area is 109 Å². The van der Waals surface area contributed by atoms with Crippen molar-refractivity contribution in [2.45, 2.75) is 18.9 Å². The first-order chi connectivity index (χ1) is 9.02. The number of benzene rings is 1. The van der Waals surface area contributed by atoms with Crippen molar-refractivity contribution in [2.75, 3.05) is 6.54 Å². The van der Waals surface area contributed by atoms with Crippen LogP contribution in [0.4, 0.5) is 8.78 Å². The van der Waals surface area contributed by atoms with E-state index in [1.807, 2.05) is 0 Å². The Morgan fingerprint density at radius 3 is 2.37 bits per heavy atom. The highest BCUT2D eigenvalue weighted by Crippen LogP contribution is 2.32. The largest absolute Gasteiger partial charge is 0.469 e. The molecular weight excluding hydrogens is 252 g/mol. The number of aliphatic hydroxyl groups excluding tert-OH is 1. The van der Waals surface area contributed by atoms with E-state index in [1.165, 1.54) is 18.4 Å². The van der Waals surface area contributed by atoms with Gasteiger partial charge in [-0.1, -0.05) is 0 Å². The lowest BCUT2D eigenvalue weighted by molar-refractivity contribution is 0.145. The third-order valence-corrected chi connectivity index (χ3v) is 3.17. The lowest BCUT2D eigenvalue weighted by Gasteiger charge is -2.21. The standard InChI is InChI=1S/C14H15F2NO2/c1-8-12(2-3-19-8)14(18)13(7-17)9-4-10(15)6-11(16)5-9/h2-6,13-14,18H,7,17H2,1H3. The second kappa shape index (κ2) is 5.50. The Morgan fingerprint density at radius 2 is 1.89 bits per heavy atom. The summed E-state index contributed by atoms with van der Waals surface area (Å²) in [6.45, 7) is 1.77. The second-order valence-electron chi connectivity index (χ2n) is 4.42. The molecule has 2 rings (SSSR count). The van der Waals surface area contributed by atoms with Crippen LogP contribution in [0.25, 0.3) is 0 Å². The zero-order chi connectivity index (χ0) is 14.0. The van der Waals surface area contributed by atoms with Crippen molar-refractivity contribution < 1.29 is 18.3 Å². The van der Waals surface area contributed by atoms with Crippen LogP contribution < -0.4 is 5.73 Å². The van der Waals surface area contributed by atoms with E-state index in [9.17, 15) is 13.9 Å². The van der Waals surface area contributed by atoms with Crippen molar-refractivity contribution in [3.05, 3.63) is 59.1 Å². The van der Waals surface area contributed by atoms with Crippen molar-refractivity contribution in [1.29, 1.82) is 0 Å². The van der Waals surface area contributed by atoms with Gasteiger partial charge in [-0.2, -0.15) is 0 Å². The van der Waals surface area contributed by atoms with Gasteiger partial charge in [-0.3, -0.25) is 0 Å². The number of nitrogens with two attached hydrogens (primary N) is 1. The summed E-state index contributed by atoms with van der Waals surface area (Å²) < 4.78 is 31.6. The Kier molecular flexibility index (Phi) is 3.97. The average molecular weight is 267 g/mol. The van der Waals surface area contributed by atoms with Gasteiger partial charge in [0.25, 0.3) is 0 Å². The number of hydrogen-bond donors (Lipinski definition) is 2. The van der Waals surface area contributed by atoms with E-state index in [0.29, 0.717) is 16.9 Å². The van der Waals surface area contributed by atoms with Gasteiger partial charge in [-0.05, 0) is 30.7 Å². The highest BCUT2D eigenvalue weighted by molar-refractivity contribution is 5.28. The molecular formula is C14H15F2NO2. The van der Waals surface area contributed by atoms with Crippen LogP contribution in [0.2, 0.25) is 0 Å². The monoisotopic (exact) mass is 267 g/mol. The maximum atomic E-state index is 13.2. The maximum Gasteiger partial charge on any atom is 0.126 e. The predicted molar refractivity (Wildman–Crippen MR) is 66.6 cm³/mol. The van der Waals surface area contributed by atoms with Crippen LogP contribution in [-0.4, -0.2) is 11.7 Å². The molecule has 1 aromatic carbocycles. The van der Waals surface area contributed by atoms with Gasteiger partial charge in [0.1, 0.15) is 17.4 Å². The van der Waals surface area contributed by atoms with Gasteiger partial charge in [0.15, 0.2) is 0 Å². The molecule has 0 saturated carbocycles. The molecule has 2 aromatic rings. The van der Waals surface area contributed by atoms with E-state index >= 15 is 0 Å². The zero-order valence-electron chi connectivity index (χ0n) is 10.4. The van der Waals surface area contributed by atoms with Crippen molar-refractivity contribution in [3.63, 3.8) is 0 Å². The number of rotatable bonds is 4. The van der Waals surface area contributed by atoms with Crippen LogP contribution in [0.15, 0.2) is 34.9 Å². The van der Waals surface area contributed by atoms with Crippen molar-refractivity contribution in [3.8, 4) is 0 Å². The smallest absolute Gasteiger partial charge is 0.126 e. The Hall–Kier alpha value is -1.72. The molecule has 2 atom stereocenters. The van der Waals surface area contributed by atoms with Gasteiger partial charge < -0.3 is 15.3 Å². The summed E-state index contributed by atoms with van der Waals surface area (Å²) in [5, 5.41) is 10.3. The molecule has 0 radical (unpaired) electrons. The SMILES string of the molecule is Cc1occc1C(O)C(CN)c1cc(F)cc(F)c1. The molecule has 3 nitrogen and oxygen atoms in total. The van der Waals surface area contributed by atoms with Gasteiger partial charge in [0.05, 0.1) is 12.4 Å². The molecule has 0 amide bonds. The van der Waals surface area contributed by atoms with E-state index in [4.69, 9.17) is 10.2 Å². The first-order valence-electron chi connectivity index (χ1n) is 5.91. The zero-order valence-corrected chi connectivity index (χ0v) is 10.4. The number of aliphatic hydroxyl groups is 1. The van der Waals surface area contributed by atoms with Crippen molar-refractivity contribution >= 4 is 0 Å². The third kappa shape index (κ3) is 2.83. The quantitative estimate of drug-likeness (QED) is 0.895. The molecule has 0 fully saturated rings. The van der Waals surface area contributed by atoms with E-state index in [-0.39, 0.29) is 6.54 Å². The van der Waals surface area contributed by atoms with E-state index in [1.54, 1.807) is 13.0 Å². The molecule has 0 spiro atoms. The molecule has 0 saturated heterocycles. The van der Waals surface area contributed by atoms with Crippen LogP contribution in [0, 0.1) is 18.6 Å². The Balaban J connectivity index is 2.36. The molecule has 0 aliphatic heterocycles. The Morgan fingerprint density at radius 1 is 1.26 bits per heavy atom. The fourth-order valence-electron chi connectivity index (χ4n) is 2.15. The molecule has 2 unspecified atom stereocenters. The average Bonchev–Trinajstić information content (AvgIpc) is 2.75. The molecule has 19 heavy (non-hydrogen) atoms. The predicted octanol–water partition coefficient (Wildman–Crippen LogP) is 2.64. The van der Waals surface area contributed by atoms with E-state index in [0.717, 1.165) is 6.07 Å². The van der Waals surface area contributed by atoms with Crippen LogP contribution in [0.1, 0.15) is 28.9 Å². The summed E-state index contributed by atoms with van der Waals surface area (Å²) in [6.07, 6.45) is 0.484. The van der Waals surface area contributed by atoms with Gasteiger partial charge >= 0.3 is 0 Å². The second-order valence-corrected chi connectivity index (χ2v) is 4.42. The van der Waals surface area contributed by atoms with Gasteiger partial charge in [0, 0.05) is 24.1 Å².